The largest absolute Gasteiger partial charge is 0.478 e. The predicted octanol–water partition coefficient (Wildman–Crippen LogP) is 1.72. The van der Waals surface area contributed by atoms with Gasteiger partial charge >= 0.3 is 5.97 Å². The number of rotatable bonds is 2. The Labute approximate surface area is 86.2 Å². The van der Waals surface area contributed by atoms with Gasteiger partial charge in [-0.3, -0.25) is 0 Å². The highest BCUT2D eigenvalue weighted by Crippen LogP contribution is 2.18. The van der Waals surface area contributed by atoms with Crippen LogP contribution in [0.1, 0.15) is 21.7 Å². The Morgan fingerprint density at radius 1 is 1.40 bits per heavy atom. The van der Waals surface area contributed by atoms with E-state index in [1.807, 2.05) is 6.92 Å². The summed E-state index contributed by atoms with van der Waals surface area (Å²) in [7, 11) is 0. The lowest BCUT2D eigenvalue weighted by molar-refractivity contribution is 0.0696. The number of hydrogen-bond acceptors (Lipinski definition) is 2. The fourth-order valence-corrected chi connectivity index (χ4v) is 1.46. The number of carbonyl (C=O) groups is 1. The molecule has 0 saturated heterocycles. The number of nitrogens with one attached hydrogen (secondary N) is 2. The van der Waals surface area contributed by atoms with Gasteiger partial charge in [0.1, 0.15) is 0 Å². The zero-order chi connectivity index (χ0) is 11.0. The van der Waals surface area contributed by atoms with Gasteiger partial charge in [0, 0.05) is 17.6 Å². The first-order valence-electron chi connectivity index (χ1n) is 4.53. The molecule has 78 valence electrons. The minimum Gasteiger partial charge on any atom is -0.478 e. The van der Waals surface area contributed by atoms with Crippen LogP contribution >= 0.6 is 0 Å². The van der Waals surface area contributed by atoms with Gasteiger partial charge in [-0.15, -0.1) is 0 Å². The standard InChI is InChI=1S/C10H11N3O2/c1-5-4-11-9(12-5)8-3-7(10(14)15)6(2)13-8/h3-4,13H,1-2H3,(H,11,12)(H,14,15). The molecule has 0 aliphatic rings. The maximum Gasteiger partial charge on any atom is 0.337 e. The van der Waals surface area contributed by atoms with E-state index in [4.69, 9.17) is 5.11 Å². The van der Waals surface area contributed by atoms with E-state index in [0.717, 1.165) is 5.69 Å². The summed E-state index contributed by atoms with van der Waals surface area (Å²) in [4.78, 5) is 21.0. The van der Waals surface area contributed by atoms with E-state index in [-0.39, 0.29) is 5.56 Å². The zero-order valence-corrected chi connectivity index (χ0v) is 8.46. The molecule has 2 aromatic rings. The Kier molecular flexibility index (Phi) is 2.07. The molecule has 0 aliphatic heterocycles. The fraction of sp³-hybridized carbons (Fsp3) is 0.200. The van der Waals surface area contributed by atoms with Gasteiger partial charge in [0.15, 0.2) is 5.82 Å². The van der Waals surface area contributed by atoms with E-state index in [0.29, 0.717) is 17.2 Å². The minimum atomic E-state index is -0.932. The second kappa shape index (κ2) is 3.27. The topological polar surface area (TPSA) is 81.8 Å². The number of H-pyrrole nitrogens is 2. The molecule has 0 aromatic carbocycles. The van der Waals surface area contributed by atoms with Crippen LogP contribution in [0.4, 0.5) is 0 Å². The molecule has 0 amide bonds. The molecule has 2 aromatic heterocycles. The summed E-state index contributed by atoms with van der Waals surface area (Å²) in [5.41, 5.74) is 2.54. The second-order valence-corrected chi connectivity index (χ2v) is 3.44. The summed E-state index contributed by atoms with van der Waals surface area (Å²) in [6.07, 6.45) is 1.70. The van der Waals surface area contributed by atoms with E-state index in [1.54, 1.807) is 19.2 Å². The lowest BCUT2D eigenvalue weighted by Crippen LogP contribution is -1.95. The molecule has 0 radical (unpaired) electrons. The second-order valence-electron chi connectivity index (χ2n) is 3.44. The number of aromatic nitrogens is 3. The third-order valence-electron chi connectivity index (χ3n) is 2.20. The molecule has 5 heteroatoms. The maximum atomic E-state index is 10.8. The van der Waals surface area contributed by atoms with Crippen LogP contribution in [0.3, 0.4) is 0 Å². The van der Waals surface area contributed by atoms with Crippen molar-refractivity contribution in [3.63, 3.8) is 0 Å². The van der Waals surface area contributed by atoms with Crippen molar-refractivity contribution in [1.29, 1.82) is 0 Å². The molecule has 0 bridgehead atoms. The Morgan fingerprint density at radius 3 is 2.60 bits per heavy atom. The Morgan fingerprint density at radius 2 is 2.13 bits per heavy atom. The van der Waals surface area contributed by atoms with Gasteiger partial charge in [0.05, 0.1) is 11.3 Å². The molecule has 0 fully saturated rings. The van der Waals surface area contributed by atoms with Crippen molar-refractivity contribution in [1.82, 2.24) is 15.0 Å². The van der Waals surface area contributed by atoms with Crippen LogP contribution in [-0.2, 0) is 0 Å². The molecular formula is C10H11N3O2. The molecule has 0 spiro atoms. The summed E-state index contributed by atoms with van der Waals surface area (Å²) < 4.78 is 0. The van der Waals surface area contributed by atoms with Crippen LogP contribution in [0.2, 0.25) is 0 Å². The molecule has 15 heavy (non-hydrogen) atoms. The number of hydrogen-bond donors (Lipinski definition) is 3. The molecule has 0 saturated carbocycles. The highest BCUT2D eigenvalue weighted by Gasteiger charge is 2.13. The summed E-state index contributed by atoms with van der Waals surface area (Å²) in [5.74, 6) is -0.277. The van der Waals surface area contributed by atoms with E-state index in [2.05, 4.69) is 15.0 Å². The molecule has 2 heterocycles. The summed E-state index contributed by atoms with van der Waals surface area (Å²) in [6.45, 7) is 3.62. The smallest absolute Gasteiger partial charge is 0.337 e. The monoisotopic (exact) mass is 205 g/mol. The first kappa shape index (κ1) is 9.51. The van der Waals surface area contributed by atoms with Crippen LogP contribution in [0.5, 0.6) is 0 Å². The van der Waals surface area contributed by atoms with Gasteiger partial charge in [-0.05, 0) is 19.9 Å². The van der Waals surface area contributed by atoms with Crippen LogP contribution in [0.15, 0.2) is 12.3 Å². The summed E-state index contributed by atoms with van der Waals surface area (Å²) >= 11 is 0. The number of carboxylic acids is 1. The van der Waals surface area contributed by atoms with Crippen molar-refractivity contribution in [2.75, 3.05) is 0 Å². The first-order valence-corrected chi connectivity index (χ1v) is 4.53. The molecule has 5 nitrogen and oxygen atoms in total. The van der Waals surface area contributed by atoms with Gasteiger partial charge in [0.25, 0.3) is 0 Å². The third kappa shape index (κ3) is 1.63. The van der Waals surface area contributed by atoms with Crippen molar-refractivity contribution in [2.45, 2.75) is 13.8 Å². The minimum absolute atomic E-state index is 0.277. The summed E-state index contributed by atoms with van der Waals surface area (Å²) in [5, 5.41) is 8.88. The molecule has 0 aliphatic carbocycles. The Balaban J connectivity index is 2.46. The van der Waals surface area contributed by atoms with Crippen LogP contribution in [0.25, 0.3) is 11.5 Å². The van der Waals surface area contributed by atoms with Crippen molar-refractivity contribution in [3.8, 4) is 11.5 Å². The first-order chi connectivity index (χ1) is 7.08. The number of aromatic amines is 2. The lowest BCUT2D eigenvalue weighted by atomic mass is 10.2. The highest BCUT2D eigenvalue weighted by molar-refractivity contribution is 5.90. The zero-order valence-electron chi connectivity index (χ0n) is 8.46. The van der Waals surface area contributed by atoms with Crippen molar-refractivity contribution in [2.24, 2.45) is 0 Å². The normalized spacial score (nSPS) is 10.5. The van der Waals surface area contributed by atoms with Gasteiger partial charge in [-0.25, -0.2) is 9.78 Å². The molecular weight excluding hydrogens is 194 g/mol. The highest BCUT2D eigenvalue weighted by atomic mass is 16.4. The molecule has 0 atom stereocenters. The molecule has 0 unspecified atom stereocenters. The maximum absolute atomic E-state index is 10.8. The average Bonchev–Trinajstić information content (AvgIpc) is 2.71. The number of aryl methyl sites for hydroxylation is 2. The van der Waals surface area contributed by atoms with Crippen LogP contribution in [0, 0.1) is 13.8 Å². The Bertz CT molecular complexity index is 510. The number of imidazole rings is 1. The van der Waals surface area contributed by atoms with Crippen LogP contribution in [-0.4, -0.2) is 26.0 Å². The van der Waals surface area contributed by atoms with Crippen molar-refractivity contribution >= 4 is 5.97 Å². The van der Waals surface area contributed by atoms with Gasteiger partial charge < -0.3 is 15.1 Å². The summed E-state index contributed by atoms with van der Waals surface area (Å²) in [6, 6.07) is 1.58. The van der Waals surface area contributed by atoms with Gasteiger partial charge in [0.2, 0.25) is 0 Å². The van der Waals surface area contributed by atoms with Crippen molar-refractivity contribution < 1.29 is 9.90 Å². The van der Waals surface area contributed by atoms with E-state index in [9.17, 15) is 4.79 Å². The fourth-order valence-electron chi connectivity index (χ4n) is 1.46. The lowest BCUT2D eigenvalue weighted by Gasteiger charge is -1.89. The van der Waals surface area contributed by atoms with E-state index < -0.39 is 5.97 Å². The van der Waals surface area contributed by atoms with E-state index >= 15 is 0 Å². The Hall–Kier alpha value is -2.04. The average molecular weight is 205 g/mol. The number of nitrogens with zero attached hydrogens (tertiary/aromatic N) is 1. The number of carboxylic acid groups (broad SMARTS) is 1. The van der Waals surface area contributed by atoms with Crippen LogP contribution < -0.4 is 0 Å². The molecule has 3 N–H and O–H groups in total. The third-order valence-corrected chi connectivity index (χ3v) is 2.20. The molecule has 2 rings (SSSR count). The van der Waals surface area contributed by atoms with Gasteiger partial charge in [-0.1, -0.05) is 0 Å². The van der Waals surface area contributed by atoms with Crippen molar-refractivity contribution in [3.05, 3.63) is 29.2 Å². The SMILES string of the molecule is Cc1cnc(-c2cc(C(=O)O)c(C)[nH]2)[nH]1. The van der Waals surface area contributed by atoms with Gasteiger partial charge in [-0.2, -0.15) is 0 Å². The number of aromatic carboxylic acids is 1. The predicted molar refractivity (Wildman–Crippen MR) is 54.8 cm³/mol. The quantitative estimate of drug-likeness (QED) is 0.698. The van der Waals surface area contributed by atoms with E-state index in [1.165, 1.54) is 0 Å².